The zero-order valence-electron chi connectivity index (χ0n) is 20.8. The third kappa shape index (κ3) is 4.53. The molecule has 4 heterocycles. The number of aromatic nitrogens is 6. The first kappa shape index (κ1) is 23.6. The topological polar surface area (TPSA) is 119 Å². The Hall–Kier alpha value is -4.83. The molecule has 0 aliphatic rings. The number of fused-ring (bicyclic) bond motifs is 2. The van der Waals surface area contributed by atoms with Crippen LogP contribution in [0.2, 0.25) is 0 Å². The fourth-order valence-electron chi connectivity index (χ4n) is 4.44. The molecule has 6 rings (SSSR count). The third-order valence-electron chi connectivity index (χ3n) is 6.26. The highest BCUT2D eigenvalue weighted by molar-refractivity contribution is 5.96. The van der Waals surface area contributed by atoms with Crippen molar-refractivity contribution >= 4 is 27.8 Å². The van der Waals surface area contributed by atoms with Gasteiger partial charge in [0, 0.05) is 36.1 Å². The molecule has 0 aliphatic carbocycles. The molecule has 0 saturated heterocycles. The number of benzene rings is 2. The number of nitrogens with zero attached hydrogens (tertiary/aromatic N) is 5. The molecular weight excluding hydrogens is 483 g/mol. The van der Waals surface area contributed by atoms with Crippen LogP contribution in [0.15, 0.2) is 67.0 Å². The maximum absolute atomic E-state index is 14.6. The fourth-order valence-corrected chi connectivity index (χ4v) is 4.44. The van der Waals surface area contributed by atoms with Crippen molar-refractivity contribution in [3.05, 3.63) is 72.8 Å². The first-order chi connectivity index (χ1) is 18.4. The lowest BCUT2D eigenvalue weighted by Gasteiger charge is -2.13. The van der Waals surface area contributed by atoms with Gasteiger partial charge in [0.15, 0.2) is 11.5 Å². The summed E-state index contributed by atoms with van der Waals surface area (Å²) in [6.45, 7) is 1.53. The van der Waals surface area contributed by atoms with E-state index in [-0.39, 0.29) is 11.6 Å². The van der Waals surface area contributed by atoms with Gasteiger partial charge in [0.2, 0.25) is 0 Å². The lowest BCUT2D eigenvalue weighted by atomic mass is 10.0. The number of rotatable bonds is 7. The summed E-state index contributed by atoms with van der Waals surface area (Å²) in [7, 11) is 3.99. The minimum Gasteiger partial charge on any atom is -0.506 e. The molecule has 0 fully saturated rings. The number of imidazole rings is 1. The monoisotopic (exact) mass is 508 g/mol. The quantitative estimate of drug-likeness (QED) is 0.238. The number of pyridine rings is 2. The van der Waals surface area contributed by atoms with Crippen molar-refractivity contribution in [1.29, 1.82) is 0 Å². The molecule has 0 atom stereocenters. The van der Waals surface area contributed by atoms with Crippen molar-refractivity contribution in [3.8, 4) is 39.7 Å². The van der Waals surface area contributed by atoms with Crippen LogP contribution >= 0.6 is 0 Å². The van der Waals surface area contributed by atoms with Crippen LogP contribution in [0.25, 0.3) is 56.0 Å². The van der Waals surface area contributed by atoms with Gasteiger partial charge in [0.1, 0.15) is 17.1 Å². The molecule has 38 heavy (non-hydrogen) atoms. The molecule has 0 radical (unpaired) electrons. The molecule has 0 amide bonds. The van der Waals surface area contributed by atoms with E-state index in [2.05, 4.69) is 30.4 Å². The summed E-state index contributed by atoms with van der Waals surface area (Å²) < 4.78 is 14.6. The van der Waals surface area contributed by atoms with Gasteiger partial charge >= 0.3 is 0 Å². The predicted molar refractivity (Wildman–Crippen MR) is 146 cm³/mol. The molecule has 0 bridgehead atoms. The van der Waals surface area contributed by atoms with Crippen LogP contribution in [0.1, 0.15) is 0 Å². The highest BCUT2D eigenvalue weighted by Gasteiger charge is 2.17. The maximum atomic E-state index is 14.6. The first-order valence-electron chi connectivity index (χ1n) is 12.1. The van der Waals surface area contributed by atoms with Crippen molar-refractivity contribution in [2.24, 2.45) is 0 Å². The second kappa shape index (κ2) is 9.56. The van der Waals surface area contributed by atoms with Gasteiger partial charge in [-0.3, -0.25) is 10.1 Å². The van der Waals surface area contributed by atoms with E-state index in [9.17, 15) is 9.50 Å². The summed E-state index contributed by atoms with van der Waals surface area (Å²) in [6, 6.07) is 16.0. The zero-order valence-corrected chi connectivity index (χ0v) is 20.8. The number of halogens is 1. The highest BCUT2D eigenvalue weighted by atomic mass is 19.1. The molecule has 2 aromatic carbocycles. The summed E-state index contributed by atoms with van der Waals surface area (Å²) in [5.41, 5.74) is 7.02. The average molecular weight is 509 g/mol. The van der Waals surface area contributed by atoms with E-state index >= 15 is 0 Å². The van der Waals surface area contributed by atoms with Crippen molar-refractivity contribution < 1.29 is 9.50 Å². The Morgan fingerprint density at radius 1 is 0.947 bits per heavy atom. The Bertz CT molecular complexity index is 1770. The molecule has 0 unspecified atom stereocenters. The highest BCUT2D eigenvalue weighted by Crippen LogP contribution is 2.33. The van der Waals surface area contributed by atoms with Crippen molar-refractivity contribution in [3.63, 3.8) is 0 Å². The zero-order chi connectivity index (χ0) is 26.2. The van der Waals surface area contributed by atoms with Crippen LogP contribution in [-0.2, 0) is 0 Å². The fraction of sp³-hybridized carbons (Fsp3) is 0.143. The predicted octanol–water partition coefficient (Wildman–Crippen LogP) is 5.05. The summed E-state index contributed by atoms with van der Waals surface area (Å²) in [5, 5.41) is 20.6. The van der Waals surface area contributed by atoms with E-state index in [1.165, 1.54) is 18.3 Å². The van der Waals surface area contributed by atoms with Crippen LogP contribution < -0.4 is 5.32 Å². The van der Waals surface area contributed by atoms with Crippen molar-refractivity contribution in [2.45, 2.75) is 0 Å². The molecule has 190 valence electrons. The summed E-state index contributed by atoms with van der Waals surface area (Å²) in [5.74, 6) is 0.284. The standard InChI is InChI=1S/C28H25FN8O/c1-37(2)9-8-31-19-11-16(10-18(29)13-19)21-4-3-5-23-25(21)34-28(33-23)27-26-24(35-36-27)7-6-22(32-26)17-12-20(38)15-30-14-17/h3-7,10-15,31,38H,8-9H2,1-2H3,(H,33,34)(H,35,36). The van der Waals surface area contributed by atoms with E-state index in [0.29, 0.717) is 46.0 Å². The van der Waals surface area contributed by atoms with Gasteiger partial charge in [-0.15, -0.1) is 0 Å². The lowest BCUT2D eigenvalue weighted by Crippen LogP contribution is -2.20. The lowest BCUT2D eigenvalue weighted by molar-refractivity contribution is 0.425. The normalized spacial score (nSPS) is 11.6. The summed E-state index contributed by atoms with van der Waals surface area (Å²) in [4.78, 5) is 19.1. The molecule has 0 saturated carbocycles. The number of hydrogen-bond acceptors (Lipinski definition) is 7. The summed E-state index contributed by atoms with van der Waals surface area (Å²) in [6.07, 6.45) is 3.02. The number of likely N-dealkylation sites (N-methyl/N-ethyl adjacent to an activating group) is 1. The third-order valence-corrected chi connectivity index (χ3v) is 6.26. The second-order valence-corrected chi connectivity index (χ2v) is 9.34. The number of para-hydroxylation sites is 1. The van der Waals surface area contributed by atoms with Gasteiger partial charge in [0.05, 0.1) is 28.4 Å². The molecule has 4 aromatic heterocycles. The van der Waals surface area contributed by atoms with Crippen LogP contribution in [0.5, 0.6) is 5.75 Å². The van der Waals surface area contributed by atoms with Gasteiger partial charge in [-0.1, -0.05) is 12.1 Å². The summed E-state index contributed by atoms with van der Waals surface area (Å²) >= 11 is 0. The van der Waals surface area contributed by atoms with Crippen LogP contribution in [-0.4, -0.2) is 67.3 Å². The van der Waals surface area contributed by atoms with Crippen LogP contribution in [0.3, 0.4) is 0 Å². The van der Waals surface area contributed by atoms with E-state index in [1.54, 1.807) is 12.3 Å². The average Bonchev–Trinajstić information content (AvgIpc) is 3.51. The van der Waals surface area contributed by atoms with Gasteiger partial charge in [-0.05, 0) is 62.1 Å². The molecule has 6 aromatic rings. The number of nitrogens with one attached hydrogen (secondary N) is 3. The number of aromatic amines is 2. The van der Waals surface area contributed by atoms with Crippen molar-refractivity contribution in [2.75, 3.05) is 32.5 Å². The van der Waals surface area contributed by atoms with Gasteiger partial charge in [-0.25, -0.2) is 14.4 Å². The number of hydrogen-bond donors (Lipinski definition) is 4. The second-order valence-electron chi connectivity index (χ2n) is 9.34. The number of anilines is 1. The Morgan fingerprint density at radius 2 is 1.84 bits per heavy atom. The Morgan fingerprint density at radius 3 is 2.68 bits per heavy atom. The first-order valence-corrected chi connectivity index (χ1v) is 12.1. The minimum absolute atomic E-state index is 0.0648. The Kier molecular flexibility index (Phi) is 5.93. The Balaban J connectivity index is 1.40. The van der Waals surface area contributed by atoms with Crippen LogP contribution in [0.4, 0.5) is 10.1 Å². The van der Waals surface area contributed by atoms with E-state index in [4.69, 9.17) is 9.97 Å². The van der Waals surface area contributed by atoms with Crippen molar-refractivity contribution in [1.82, 2.24) is 35.0 Å². The van der Waals surface area contributed by atoms with Crippen LogP contribution in [0, 0.1) is 5.82 Å². The molecule has 4 N–H and O–H groups in total. The van der Waals surface area contributed by atoms with E-state index in [0.717, 1.165) is 28.7 Å². The van der Waals surface area contributed by atoms with Gasteiger partial charge in [-0.2, -0.15) is 5.10 Å². The van der Waals surface area contributed by atoms with Gasteiger partial charge in [0.25, 0.3) is 0 Å². The number of H-pyrrole nitrogens is 2. The number of aromatic hydroxyl groups is 1. The molecule has 0 spiro atoms. The smallest absolute Gasteiger partial charge is 0.161 e. The largest absolute Gasteiger partial charge is 0.506 e. The van der Waals surface area contributed by atoms with Gasteiger partial charge < -0.3 is 20.3 Å². The van der Waals surface area contributed by atoms with E-state index in [1.807, 2.05) is 50.5 Å². The molecule has 0 aliphatic heterocycles. The minimum atomic E-state index is -0.320. The molecule has 10 heteroatoms. The maximum Gasteiger partial charge on any atom is 0.161 e. The SMILES string of the molecule is CN(C)CCNc1cc(F)cc(-c2cccc3[nH]c(-c4n[nH]c5ccc(-c6cncc(O)c6)nc45)nc23)c1. The molecule has 9 nitrogen and oxygen atoms in total. The van der Waals surface area contributed by atoms with E-state index < -0.39 is 0 Å². The Labute approximate surface area is 217 Å². The molecular formula is C28H25FN8O.